The molecule has 3 heteroatoms. The van der Waals surface area contributed by atoms with Gasteiger partial charge in [0.2, 0.25) is 0 Å². The molecular weight excluding hydrogens is 250 g/mol. The zero-order chi connectivity index (χ0) is 14.8. The zero-order valence-corrected chi connectivity index (χ0v) is 13.1. The number of hydrogen-bond donors (Lipinski definition) is 1. The summed E-state index contributed by atoms with van der Waals surface area (Å²) >= 11 is 0. The van der Waals surface area contributed by atoms with Gasteiger partial charge in [-0.2, -0.15) is 0 Å². The lowest BCUT2D eigenvalue weighted by atomic mass is 9.71. The summed E-state index contributed by atoms with van der Waals surface area (Å²) in [5.41, 5.74) is 8.06. The van der Waals surface area contributed by atoms with Crippen LogP contribution in [0.25, 0.3) is 0 Å². The minimum Gasteiger partial charge on any atom is -0.497 e. The van der Waals surface area contributed by atoms with E-state index >= 15 is 0 Å². The summed E-state index contributed by atoms with van der Waals surface area (Å²) in [5.74, 6) is 1.53. The first-order chi connectivity index (χ1) is 9.38. The molecule has 2 atom stereocenters. The zero-order valence-electron chi connectivity index (χ0n) is 13.1. The fraction of sp³-hybridized carbons (Fsp3) is 0.647. The second-order valence-corrected chi connectivity index (χ2v) is 6.96. The highest BCUT2D eigenvalue weighted by molar-refractivity contribution is 5.47. The molecule has 2 rings (SSSR count). The van der Waals surface area contributed by atoms with Gasteiger partial charge in [0.1, 0.15) is 5.75 Å². The molecule has 1 fully saturated rings. The molecule has 1 saturated carbocycles. The topological polar surface area (TPSA) is 44.5 Å². The van der Waals surface area contributed by atoms with E-state index < -0.39 is 0 Å². The van der Waals surface area contributed by atoms with Crippen molar-refractivity contribution < 1.29 is 9.47 Å². The Morgan fingerprint density at radius 3 is 2.65 bits per heavy atom. The van der Waals surface area contributed by atoms with Crippen molar-refractivity contribution in [2.24, 2.45) is 11.3 Å². The molecule has 112 valence electrons. The molecule has 2 unspecified atom stereocenters. The quantitative estimate of drug-likeness (QED) is 0.846. The summed E-state index contributed by atoms with van der Waals surface area (Å²) in [6, 6.07) is 5.78. The average molecular weight is 277 g/mol. The standard InChI is InChI=1S/C17H27NO2/c1-12-5-16(10-17(2,3)9-12)20-11-13-6-14(18)8-15(7-13)19-4/h6-8,12,16H,5,9-11,18H2,1-4H3. The van der Waals surface area contributed by atoms with Gasteiger partial charge in [0.05, 0.1) is 19.8 Å². The van der Waals surface area contributed by atoms with E-state index in [-0.39, 0.29) is 0 Å². The monoisotopic (exact) mass is 277 g/mol. The van der Waals surface area contributed by atoms with Gasteiger partial charge in [0, 0.05) is 11.8 Å². The molecule has 0 radical (unpaired) electrons. The van der Waals surface area contributed by atoms with Crippen LogP contribution in [0, 0.1) is 11.3 Å². The number of ether oxygens (including phenoxy) is 2. The van der Waals surface area contributed by atoms with Crippen LogP contribution in [0.5, 0.6) is 5.75 Å². The molecule has 0 spiro atoms. The summed E-state index contributed by atoms with van der Waals surface area (Å²) in [6.45, 7) is 7.60. The van der Waals surface area contributed by atoms with Gasteiger partial charge in [-0.15, -0.1) is 0 Å². The van der Waals surface area contributed by atoms with Gasteiger partial charge in [0.15, 0.2) is 0 Å². The molecule has 0 saturated heterocycles. The van der Waals surface area contributed by atoms with Gasteiger partial charge in [-0.3, -0.25) is 0 Å². The second kappa shape index (κ2) is 6.04. The lowest BCUT2D eigenvalue weighted by molar-refractivity contribution is -0.0316. The molecule has 20 heavy (non-hydrogen) atoms. The summed E-state index contributed by atoms with van der Waals surface area (Å²) in [4.78, 5) is 0. The minimum absolute atomic E-state index is 0.348. The Balaban J connectivity index is 1.96. The summed E-state index contributed by atoms with van der Waals surface area (Å²) in [7, 11) is 1.66. The molecule has 0 aromatic heterocycles. The fourth-order valence-electron chi connectivity index (χ4n) is 3.49. The Morgan fingerprint density at radius 1 is 1.25 bits per heavy atom. The average Bonchev–Trinajstić information content (AvgIpc) is 2.33. The first-order valence-corrected chi connectivity index (χ1v) is 7.43. The van der Waals surface area contributed by atoms with Gasteiger partial charge in [-0.25, -0.2) is 0 Å². The number of hydrogen-bond acceptors (Lipinski definition) is 3. The maximum absolute atomic E-state index is 6.12. The molecule has 1 aromatic carbocycles. The number of methoxy groups -OCH3 is 1. The van der Waals surface area contributed by atoms with Crippen molar-refractivity contribution in [1.82, 2.24) is 0 Å². The molecule has 0 amide bonds. The molecule has 0 bridgehead atoms. The number of nitrogen functional groups attached to an aromatic ring is 1. The van der Waals surface area contributed by atoms with E-state index in [9.17, 15) is 0 Å². The third-order valence-corrected chi connectivity index (χ3v) is 4.06. The molecule has 1 aliphatic rings. The highest BCUT2D eigenvalue weighted by atomic mass is 16.5. The predicted molar refractivity (Wildman–Crippen MR) is 82.8 cm³/mol. The van der Waals surface area contributed by atoms with E-state index in [2.05, 4.69) is 20.8 Å². The number of nitrogens with two attached hydrogens (primary N) is 1. The normalized spacial score (nSPS) is 25.4. The third kappa shape index (κ3) is 4.14. The number of benzene rings is 1. The largest absolute Gasteiger partial charge is 0.497 e. The molecule has 0 aliphatic heterocycles. The Kier molecular flexibility index (Phi) is 4.59. The Morgan fingerprint density at radius 2 is 2.00 bits per heavy atom. The van der Waals surface area contributed by atoms with Crippen LogP contribution in [0.3, 0.4) is 0 Å². The van der Waals surface area contributed by atoms with Gasteiger partial charge in [-0.1, -0.05) is 20.8 Å². The first kappa shape index (κ1) is 15.2. The van der Waals surface area contributed by atoms with Crippen molar-refractivity contribution in [1.29, 1.82) is 0 Å². The van der Waals surface area contributed by atoms with Crippen LogP contribution in [0.2, 0.25) is 0 Å². The van der Waals surface area contributed by atoms with E-state index in [0.29, 0.717) is 18.1 Å². The van der Waals surface area contributed by atoms with Crippen molar-refractivity contribution in [3.8, 4) is 5.75 Å². The Labute approximate surface area is 122 Å². The maximum atomic E-state index is 6.12. The van der Waals surface area contributed by atoms with Crippen LogP contribution >= 0.6 is 0 Å². The minimum atomic E-state index is 0.348. The SMILES string of the molecule is COc1cc(N)cc(COC2CC(C)CC(C)(C)C2)c1. The smallest absolute Gasteiger partial charge is 0.121 e. The molecular formula is C17H27NO2. The van der Waals surface area contributed by atoms with E-state index in [1.54, 1.807) is 7.11 Å². The number of anilines is 1. The third-order valence-electron chi connectivity index (χ3n) is 4.06. The summed E-state index contributed by atoms with van der Waals surface area (Å²) in [5, 5.41) is 0. The van der Waals surface area contributed by atoms with Gasteiger partial charge >= 0.3 is 0 Å². The van der Waals surface area contributed by atoms with Gasteiger partial charge in [-0.05, 0) is 48.3 Å². The first-order valence-electron chi connectivity index (χ1n) is 7.43. The van der Waals surface area contributed by atoms with E-state index in [4.69, 9.17) is 15.2 Å². The molecule has 0 heterocycles. The van der Waals surface area contributed by atoms with E-state index in [1.807, 2.05) is 18.2 Å². The van der Waals surface area contributed by atoms with Crippen molar-refractivity contribution in [2.45, 2.75) is 52.7 Å². The van der Waals surface area contributed by atoms with Crippen LogP contribution in [-0.4, -0.2) is 13.2 Å². The second-order valence-electron chi connectivity index (χ2n) is 6.96. The molecule has 3 nitrogen and oxygen atoms in total. The molecule has 2 N–H and O–H groups in total. The van der Waals surface area contributed by atoms with Gasteiger partial charge in [0.25, 0.3) is 0 Å². The summed E-state index contributed by atoms with van der Waals surface area (Å²) < 4.78 is 11.4. The number of rotatable bonds is 4. The molecule has 1 aliphatic carbocycles. The highest BCUT2D eigenvalue weighted by Crippen LogP contribution is 2.40. The predicted octanol–water partition coefficient (Wildman–Crippen LogP) is 4.01. The van der Waals surface area contributed by atoms with Crippen LogP contribution in [-0.2, 0) is 11.3 Å². The van der Waals surface area contributed by atoms with Crippen molar-refractivity contribution >= 4 is 5.69 Å². The summed E-state index contributed by atoms with van der Waals surface area (Å²) in [6.07, 6.45) is 3.93. The van der Waals surface area contributed by atoms with Crippen LogP contribution < -0.4 is 10.5 Å². The van der Waals surface area contributed by atoms with Gasteiger partial charge < -0.3 is 15.2 Å². The Bertz CT molecular complexity index is 456. The lowest BCUT2D eigenvalue weighted by Gasteiger charge is -2.38. The van der Waals surface area contributed by atoms with Crippen LogP contribution in [0.4, 0.5) is 5.69 Å². The van der Waals surface area contributed by atoms with Crippen molar-refractivity contribution in [3.63, 3.8) is 0 Å². The van der Waals surface area contributed by atoms with Crippen LogP contribution in [0.1, 0.15) is 45.6 Å². The molecule has 1 aromatic rings. The van der Waals surface area contributed by atoms with Crippen molar-refractivity contribution in [2.75, 3.05) is 12.8 Å². The highest BCUT2D eigenvalue weighted by Gasteiger charge is 2.32. The lowest BCUT2D eigenvalue weighted by Crippen LogP contribution is -2.32. The van der Waals surface area contributed by atoms with Crippen LogP contribution in [0.15, 0.2) is 18.2 Å². The van der Waals surface area contributed by atoms with Crippen molar-refractivity contribution in [3.05, 3.63) is 23.8 Å². The fourth-order valence-corrected chi connectivity index (χ4v) is 3.49. The van der Waals surface area contributed by atoms with E-state index in [1.165, 1.54) is 6.42 Å². The van der Waals surface area contributed by atoms with E-state index in [0.717, 1.165) is 35.8 Å². The maximum Gasteiger partial charge on any atom is 0.121 e. The Hall–Kier alpha value is -1.22.